The van der Waals surface area contributed by atoms with Crippen molar-refractivity contribution < 1.29 is 19.8 Å². The predicted octanol–water partition coefficient (Wildman–Crippen LogP) is 0.813. The molecule has 1 saturated carbocycles. The van der Waals surface area contributed by atoms with Gasteiger partial charge in [-0.2, -0.15) is 0 Å². The Kier molecular flexibility index (Phi) is 4.11. The molecule has 0 bridgehead atoms. The minimum atomic E-state index is -1.17. The number of amides is 1. The van der Waals surface area contributed by atoms with Crippen molar-refractivity contribution in [1.82, 2.24) is 10.3 Å². The SMILES string of the molecule is O=C(NC1CCCCC1O)c1ccnc(C(=O)O)c1. The van der Waals surface area contributed by atoms with Gasteiger partial charge in [0.15, 0.2) is 0 Å². The largest absolute Gasteiger partial charge is 0.477 e. The second kappa shape index (κ2) is 5.79. The first-order valence-corrected chi connectivity index (χ1v) is 6.26. The zero-order valence-electron chi connectivity index (χ0n) is 10.4. The zero-order chi connectivity index (χ0) is 13.8. The summed E-state index contributed by atoms with van der Waals surface area (Å²) >= 11 is 0. The fourth-order valence-electron chi connectivity index (χ4n) is 2.22. The van der Waals surface area contributed by atoms with E-state index in [0.717, 1.165) is 19.3 Å². The number of aliphatic hydroxyl groups is 1. The van der Waals surface area contributed by atoms with Gasteiger partial charge >= 0.3 is 5.97 Å². The van der Waals surface area contributed by atoms with E-state index in [2.05, 4.69) is 10.3 Å². The summed E-state index contributed by atoms with van der Waals surface area (Å²) in [5.74, 6) is -1.55. The number of rotatable bonds is 3. The number of carbonyl (C=O) groups excluding carboxylic acids is 1. The molecule has 19 heavy (non-hydrogen) atoms. The Bertz CT molecular complexity index is 489. The maximum Gasteiger partial charge on any atom is 0.354 e. The lowest BCUT2D eigenvalue weighted by Crippen LogP contribution is -2.45. The van der Waals surface area contributed by atoms with Gasteiger partial charge in [-0.15, -0.1) is 0 Å². The van der Waals surface area contributed by atoms with Gasteiger partial charge in [0.25, 0.3) is 5.91 Å². The van der Waals surface area contributed by atoms with Crippen LogP contribution in [0.1, 0.15) is 46.5 Å². The Labute approximate surface area is 110 Å². The van der Waals surface area contributed by atoms with Crippen molar-refractivity contribution in [1.29, 1.82) is 0 Å². The van der Waals surface area contributed by atoms with Gasteiger partial charge in [-0.05, 0) is 25.0 Å². The predicted molar refractivity (Wildman–Crippen MR) is 66.9 cm³/mol. The van der Waals surface area contributed by atoms with Crippen molar-refractivity contribution in [3.63, 3.8) is 0 Å². The molecule has 6 nitrogen and oxygen atoms in total. The van der Waals surface area contributed by atoms with Crippen LogP contribution in [0.4, 0.5) is 0 Å². The first kappa shape index (κ1) is 13.5. The number of aromatic carboxylic acids is 1. The molecule has 1 amide bonds. The Hall–Kier alpha value is -1.95. The number of hydrogen-bond donors (Lipinski definition) is 3. The molecule has 3 N–H and O–H groups in total. The first-order chi connectivity index (χ1) is 9.08. The Morgan fingerprint density at radius 2 is 2.05 bits per heavy atom. The summed E-state index contributed by atoms with van der Waals surface area (Å²) in [5.41, 5.74) is 0.0713. The molecule has 0 aromatic carbocycles. The number of carboxylic acid groups (broad SMARTS) is 1. The topological polar surface area (TPSA) is 99.5 Å². The summed E-state index contributed by atoms with van der Waals surface area (Å²) in [6.45, 7) is 0. The minimum Gasteiger partial charge on any atom is -0.477 e. The smallest absolute Gasteiger partial charge is 0.354 e. The third-order valence-corrected chi connectivity index (χ3v) is 3.29. The van der Waals surface area contributed by atoms with Crippen LogP contribution in [0.25, 0.3) is 0 Å². The van der Waals surface area contributed by atoms with Crippen molar-refractivity contribution in [2.75, 3.05) is 0 Å². The van der Waals surface area contributed by atoms with Crippen molar-refractivity contribution in [3.05, 3.63) is 29.6 Å². The third kappa shape index (κ3) is 3.29. The highest BCUT2D eigenvalue weighted by molar-refractivity contribution is 5.96. The molecule has 1 heterocycles. The van der Waals surface area contributed by atoms with Gasteiger partial charge in [0.05, 0.1) is 12.1 Å². The third-order valence-electron chi connectivity index (χ3n) is 3.29. The molecule has 1 aromatic rings. The van der Waals surface area contributed by atoms with E-state index in [1.54, 1.807) is 0 Å². The summed E-state index contributed by atoms with van der Waals surface area (Å²) in [4.78, 5) is 26.4. The molecule has 0 spiro atoms. The van der Waals surface area contributed by atoms with E-state index in [4.69, 9.17) is 5.11 Å². The second-order valence-corrected chi connectivity index (χ2v) is 4.67. The van der Waals surface area contributed by atoms with Crippen molar-refractivity contribution in [2.24, 2.45) is 0 Å². The lowest BCUT2D eigenvalue weighted by molar-refractivity contribution is 0.0690. The number of carboxylic acids is 1. The molecule has 1 aliphatic rings. The van der Waals surface area contributed by atoms with E-state index in [0.29, 0.717) is 6.42 Å². The molecular weight excluding hydrogens is 248 g/mol. The van der Waals surface area contributed by atoms with Crippen LogP contribution in [-0.2, 0) is 0 Å². The van der Waals surface area contributed by atoms with Crippen LogP contribution in [-0.4, -0.2) is 39.2 Å². The summed E-state index contributed by atoms with van der Waals surface area (Å²) in [6, 6.07) is 2.42. The quantitative estimate of drug-likeness (QED) is 0.750. The number of hydrogen-bond acceptors (Lipinski definition) is 4. The molecule has 102 valence electrons. The normalized spacial score (nSPS) is 22.8. The fraction of sp³-hybridized carbons (Fsp3) is 0.462. The first-order valence-electron chi connectivity index (χ1n) is 6.26. The zero-order valence-corrected chi connectivity index (χ0v) is 10.4. The van der Waals surface area contributed by atoms with Crippen molar-refractivity contribution in [3.8, 4) is 0 Å². The highest BCUT2D eigenvalue weighted by atomic mass is 16.4. The van der Waals surface area contributed by atoms with Gasteiger partial charge < -0.3 is 15.5 Å². The van der Waals surface area contributed by atoms with E-state index < -0.39 is 12.1 Å². The minimum absolute atomic E-state index is 0.170. The van der Waals surface area contributed by atoms with E-state index in [-0.39, 0.29) is 23.2 Å². The second-order valence-electron chi connectivity index (χ2n) is 4.67. The number of carbonyl (C=O) groups is 2. The number of pyridine rings is 1. The molecule has 2 unspecified atom stereocenters. The maximum absolute atomic E-state index is 12.0. The summed E-state index contributed by atoms with van der Waals surface area (Å²) in [5, 5.41) is 21.3. The lowest BCUT2D eigenvalue weighted by Gasteiger charge is -2.28. The highest BCUT2D eigenvalue weighted by Crippen LogP contribution is 2.18. The summed E-state index contributed by atoms with van der Waals surface area (Å²) < 4.78 is 0. The van der Waals surface area contributed by atoms with Gasteiger partial charge in [0.1, 0.15) is 5.69 Å². The Morgan fingerprint density at radius 1 is 1.32 bits per heavy atom. The van der Waals surface area contributed by atoms with Gasteiger partial charge in [-0.1, -0.05) is 12.8 Å². The number of aliphatic hydroxyl groups excluding tert-OH is 1. The molecule has 6 heteroatoms. The Morgan fingerprint density at radius 3 is 2.74 bits per heavy atom. The lowest BCUT2D eigenvalue weighted by atomic mass is 9.92. The van der Waals surface area contributed by atoms with Crippen LogP contribution in [0.3, 0.4) is 0 Å². The molecular formula is C13H16N2O4. The number of nitrogens with one attached hydrogen (secondary N) is 1. The van der Waals surface area contributed by atoms with E-state index in [1.807, 2.05) is 0 Å². The van der Waals surface area contributed by atoms with Crippen LogP contribution < -0.4 is 5.32 Å². The summed E-state index contributed by atoms with van der Waals surface area (Å²) in [7, 11) is 0. The van der Waals surface area contributed by atoms with E-state index >= 15 is 0 Å². The average molecular weight is 264 g/mol. The average Bonchev–Trinajstić information content (AvgIpc) is 2.41. The molecule has 0 radical (unpaired) electrons. The van der Waals surface area contributed by atoms with Gasteiger partial charge in [0, 0.05) is 11.8 Å². The molecule has 1 aromatic heterocycles. The molecule has 1 aliphatic carbocycles. The van der Waals surface area contributed by atoms with Crippen molar-refractivity contribution >= 4 is 11.9 Å². The van der Waals surface area contributed by atoms with Gasteiger partial charge in [-0.25, -0.2) is 9.78 Å². The van der Waals surface area contributed by atoms with Crippen LogP contribution in [0.2, 0.25) is 0 Å². The van der Waals surface area contributed by atoms with Crippen LogP contribution in [0, 0.1) is 0 Å². The van der Waals surface area contributed by atoms with Crippen LogP contribution >= 0.6 is 0 Å². The molecule has 0 aliphatic heterocycles. The molecule has 0 saturated heterocycles. The Balaban J connectivity index is 2.07. The number of nitrogens with zero attached hydrogens (tertiary/aromatic N) is 1. The summed E-state index contributed by atoms with van der Waals surface area (Å²) in [6.07, 6.45) is 4.12. The van der Waals surface area contributed by atoms with Crippen LogP contribution in [0.15, 0.2) is 18.3 Å². The molecule has 2 atom stereocenters. The maximum atomic E-state index is 12.0. The standard InChI is InChI=1S/C13H16N2O4/c16-11-4-2-1-3-9(11)15-12(17)8-5-6-14-10(7-8)13(18)19/h5-7,9,11,16H,1-4H2,(H,15,17)(H,18,19). The molecule has 1 fully saturated rings. The van der Waals surface area contributed by atoms with E-state index in [1.165, 1.54) is 18.3 Å². The van der Waals surface area contributed by atoms with Crippen molar-refractivity contribution in [2.45, 2.75) is 37.8 Å². The van der Waals surface area contributed by atoms with E-state index in [9.17, 15) is 14.7 Å². The number of aromatic nitrogens is 1. The monoisotopic (exact) mass is 264 g/mol. The van der Waals surface area contributed by atoms with Crippen LogP contribution in [0.5, 0.6) is 0 Å². The molecule has 2 rings (SSSR count). The van der Waals surface area contributed by atoms with Gasteiger partial charge in [0.2, 0.25) is 0 Å². The van der Waals surface area contributed by atoms with Gasteiger partial charge in [-0.3, -0.25) is 4.79 Å². The fourth-order valence-corrected chi connectivity index (χ4v) is 2.22. The highest BCUT2D eigenvalue weighted by Gasteiger charge is 2.25.